The molecular weight excluding hydrogens is 289 g/mol. The predicted molar refractivity (Wildman–Crippen MR) is 89.8 cm³/mol. The maximum Gasteiger partial charge on any atom is 0.138 e. The summed E-state index contributed by atoms with van der Waals surface area (Å²) in [6.07, 6.45) is 3.23. The summed E-state index contributed by atoms with van der Waals surface area (Å²) in [7, 11) is 0. The molecule has 0 aliphatic heterocycles. The van der Waals surface area contributed by atoms with Crippen molar-refractivity contribution < 1.29 is 4.39 Å². The Balaban J connectivity index is 2.46. The molecule has 0 unspecified atom stereocenters. The minimum Gasteiger partial charge on any atom is -0.282 e. The summed E-state index contributed by atoms with van der Waals surface area (Å²) in [4.78, 5) is 4.37. The smallest absolute Gasteiger partial charge is 0.138 e. The van der Waals surface area contributed by atoms with E-state index in [1.165, 1.54) is 6.07 Å². The average molecular weight is 309 g/mol. The summed E-state index contributed by atoms with van der Waals surface area (Å²) in [6.45, 7) is 8.20. The molecule has 2 rings (SSSR count). The van der Waals surface area contributed by atoms with Gasteiger partial charge in [0.15, 0.2) is 0 Å². The van der Waals surface area contributed by atoms with E-state index in [-0.39, 0.29) is 11.2 Å². The van der Waals surface area contributed by atoms with Crippen molar-refractivity contribution in [3.8, 4) is 11.8 Å². The molecule has 1 heterocycles. The lowest BCUT2D eigenvalue weighted by atomic mass is 9.92. The van der Waals surface area contributed by atoms with E-state index in [2.05, 4.69) is 47.8 Å². The normalized spacial score (nSPS) is 10.5. The molecule has 1 aromatic heterocycles. The van der Waals surface area contributed by atoms with E-state index in [1.807, 2.05) is 13.0 Å². The first-order valence-electron chi connectivity index (χ1n) is 7.38. The Morgan fingerprint density at radius 1 is 1.09 bits per heavy atom. The average Bonchev–Trinajstić information content (AvgIpc) is 2.57. The van der Waals surface area contributed by atoms with E-state index in [0.29, 0.717) is 11.1 Å². The van der Waals surface area contributed by atoms with E-state index in [0.717, 1.165) is 11.4 Å². The van der Waals surface area contributed by atoms with Crippen molar-refractivity contribution in [3.05, 3.63) is 71.1 Å². The highest BCUT2D eigenvalue weighted by Crippen LogP contribution is 2.18. The highest BCUT2D eigenvalue weighted by molar-refractivity contribution is 5.41. The van der Waals surface area contributed by atoms with Crippen molar-refractivity contribution in [1.29, 1.82) is 0 Å². The number of H-pyrrole nitrogens is 1. The van der Waals surface area contributed by atoms with Gasteiger partial charge in [0.1, 0.15) is 5.82 Å². The van der Waals surface area contributed by atoms with Gasteiger partial charge >= 0.3 is 0 Å². The summed E-state index contributed by atoms with van der Waals surface area (Å²) < 4.78 is 13.6. The van der Waals surface area contributed by atoms with Crippen LogP contribution in [0.1, 0.15) is 43.3 Å². The molecule has 0 saturated heterocycles. The zero-order valence-corrected chi connectivity index (χ0v) is 13.8. The van der Waals surface area contributed by atoms with Gasteiger partial charge in [-0.05, 0) is 25.1 Å². The van der Waals surface area contributed by atoms with E-state index in [4.69, 9.17) is 0 Å². The number of hydrogen-bond acceptors (Lipinski definition) is 2. The first-order valence-corrected chi connectivity index (χ1v) is 7.38. The van der Waals surface area contributed by atoms with E-state index < -0.39 is 0 Å². The lowest BCUT2D eigenvalue weighted by Gasteiger charge is -2.16. The molecule has 0 radical (unpaired) electrons. The number of aromatic nitrogens is 3. The van der Waals surface area contributed by atoms with Crippen LogP contribution in [0.25, 0.3) is 0 Å². The first kappa shape index (κ1) is 16.7. The second kappa shape index (κ2) is 7.06. The van der Waals surface area contributed by atoms with Gasteiger partial charge in [0.25, 0.3) is 0 Å². The third kappa shape index (κ3) is 4.93. The number of aryl methyl sites for hydroxylation is 1. The van der Waals surface area contributed by atoms with Crippen LogP contribution in [0.15, 0.2) is 42.7 Å². The zero-order chi connectivity index (χ0) is 16.9. The van der Waals surface area contributed by atoms with Crippen LogP contribution in [0.2, 0.25) is 0 Å². The van der Waals surface area contributed by atoms with Crippen LogP contribution >= 0.6 is 0 Å². The first-order chi connectivity index (χ1) is 10.9. The number of halogens is 1. The topological polar surface area (TPSA) is 41.6 Å². The number of nitrogens with one attached hydrogen (secondary N) is 1. The van der Waals surface area contributed by atoms with Gasteiger partial charge in [-0.1, -0.05) is 44.7 Å². The highest BCUT2D eigenvalue weighted by atomic mass is 19.1. The van der Waals surface area contributed by atoms with Gasteiger partial charge < -0.3 is 0 Å². The Morgan fingerprint density at radius 3 is 2.52 bits per heavy atom. The van der Waals surface area contributed by atoms with E-state index in [9.17, 15) is 4.39 Å². The molecule has 118 valence electrons. The van der Waals surface area contributed by atoms with Gasteiger partial charge in [0.05, 0.1) is 17.3 Å². The molecule has 23 heavy (non-hydrogen) atoms. The fourth-order valence-corrected chi connectivity index (χ4v) is 1.81. The predicted octanol–water partition coefficient (Wildman–Crippen LogP) is 4.07. The Bertz CT molecular complexity index is 803. The van der Waals surface area contributed by atoms with Crippen molar-refractivity contribution in [2.24, 2.45) is 0 Å². The third-order valence-electron chi connectivity index (χ3n) is 3.17. The van der Waals surface area contributed by atoms with Crippen molar-refractivity contribution in [1.82, 2.24) is 15.2 Å². The number of aromatic amines is 1. The second-order valence-electron chi connectivity index (χ2n) is 6.26. The van der Waals surface area contributed by atoms with Crippen LogP contribution < -0.4 is 0 Å². The third-order valence-corrected chi connectivity index (χ3v) is 3.17. The second-order valence-corrected chi connectivity index (χ2v) is 6.26. The highest BCUT2D eigenvalue weighted by Gasteiger charge is 2.13. The molecule has 0 saturated carbocycles. The van der Waals surface area contributed by atoms with Crippen molar-refractivity contribution in [3.63, 3.8) is 0 Å². The van der Waals surface area contributed by atoms with Gasteiger partial charge in [-0.15, -0.1) is 0 Å². The van der Waals surface area contributed by atoms with Gasteiger partial charge in [-0.3, -0.25) is 10.1 Å². The van der Waals surface area contributed by atoms with Gasteiger partial charge in [-0.2, -0.15) is 5.10 Å². The fourth-order valence-electron chi connectivity index (χ4n) is 1.81. The Kier molecular flexibility index (Phi) is 5.13. The lowest BCUT2D eigenvalue weighted by molar-refractivity contribution is 0.560. The molecule has 1 aromatic carbocycles. The monoisotopic (exact) mass is 309 g/mol. The maximum absolute atomic E-state index is 13.6. The Labute approximate surface area is 136 Å². The molecule has 3 nitrogen and oxygen atoms in total. The molecule has 1 N–H and O–H groups in total. The fraction of sp³-hybridized carbons (Fsp3) is 0.263. The van der Waals surface area contributed by atoms with Crippen LogP contribution in [-0.4, -0.2) is 15.2 Å². The summed E-state index contributed by atoms with van der Waals surface area (Å²) >= 11 is 0. The summed E-state index contributed by atoms with van der Waals surface area (Å²) in [5.41, 5.74) is 2.69. The van der Waals surface area contributed by atoms with Gasteiger partial charge in [0, 0.05) is 23.0 Å². The molecule has 2 aromatic rings. The van der Waals surface area contributed by atoms with E-state index >= 15 is 0 Å². The van der Waals surface area contributed by atoms with Crippen LogP contribution in [-0.2, 0) is 5.41 Å². The Hall–Kier alpha value is -2.67. The largest absolute Gasteiger partial charge is 0.282 e. The standard InChI is InChI=1S/C19H20FN3/c1-14-11-18(19(2,3)4)23-22-13-15(12-21-14)9-10-16-7-5-6-8-17(16)20/h5-8,11-13,23H,1-4H3. The lowest BCUT2D eigenvalue weighted by Crippen LogP contribution is -2.13. The summed E-state index contributed by atoms with van der Waals surface area (Å²) in [5.74, 6) is 5.37. The molecule has 0 fully saturated rings. The molecule has 0 atom stereocenters. The van der Waals surface area contributed by atoms with Crippen LogP contribution in [0.5, 0.6) is 0 Å². The van der Waals surface area contributed by atoms with Gasteiger partial charge in [-0.25, -0.2) is 4.39 Å². The summed E-state index contributed by atoms with van der Waals surface area (Å²) in [6, 6.07) is 8.38. The molecule has 0 spiro atoms. The maximum atomic E-state index is 13.6. The van der Waals surface area contributed by atoms with E-state index in [1.54, 1.807) is 30.6 Å². The molecule has 4 heteroatoms. The number of hydrogen-bond donors (Lipinski definition) is 1. The molecule has 0 aliphatic carbocycles. The summed E-state index contributed by atoms with van der Waals surface area (Å²) in [5, 5.41) is 7.25. The number of benzene rings is 1. The van der Waals surface area contributed by atoms with Crippen LogP contribution in [0, 0.1) is 24.6 Å². The molecular formula is C19H20FN3. The molecule has 0 bridgehead atoms. The number of nitrogens with zero attached hydrogens (tertiary/aromatic N) is 2. The van der Waals surface area contributed by atoms with Crippen molar-refractivity contribution in [2.45, 2.75) is 33.1 Å². The van der Waals surface area contributed by atoms with Crippen molar-refractivity contribution >= 4 is 0 Å². The molecule has 0 aliphatic rings. The minimum absolute atomic E-state index is 0.0720. The van der Waals surface area contributed by atoms with Crippen LogP contribution in [0.3, 0.4) is 0 Å². The van der Waals surface area contributed by atoms with Crippen LogP contribution in [0.4, 0.5) is 4.39 Å². The van der Waals surface area contributed by atoms with Gasteiger partial charge in [0.2, 0.25) is 0 Å². The van der Waals surface area contributed by atoms with Crippen molar-refractivity contribution in [2.75, 3.05) is 0 Å². The Morgan fingerprint density at radius 2 is 1.83 bits per heavy atom. The number of rotatable bonds is 0. The molecule has 0 amide bonds. The minimum atomic E-state index is -0.338. The zero-order valence-electron chi connectivity index (χ0n) is 13.8. The quantitative estimate of drug-likeness (QED) is 0.745. The SMILES string of the molecule is Cc1cc(C(C)(C)C)[nH]ncc(C#Cc2ccccc2F)cn1.